The fourth-order valence-electron chi connectivity index (χ4n) is 1.54. The summed E-state index contributed by atoms with van der Waals surface area (Å²) >= 11 is 0. The Morgan fingerprint density at radius 3 is 2.45 bits per heavy atom. The molecular formula is C15H24O5. The standard InChI is InChI=1S/C15H24O5/c1-4-17-8-9-18-10-11-19-13(2)20-15-7-5-6-14(12-15)16-3/h5-7,12-13H,4,8-11H2,1-3H3. The van der Waals surface area contributed by atoms with E-state index in [1.54, 1.807) is 7.11 Å². The summed E-state index contributed by atoms with van der Waals surface area (Å²) in [5.41, 5.74) is 0. The van der Waals surface area contributed by atoms with Crippen molar-refractivity contribution in [3.05, 3.63) is 24.3 Å². The van der Waals surface area contributed by atoms with Crippen LogP contribution in [0.1, 0.15) is 13.8 Å². The third-order valence-electron chi connectivity index (χ3n) is 2.50. The normalized spacial score (nSPS) is 12.2. The summed E-state index contributed by atoms with van der Waals surface area (Å²) in [4.78, 5) is 0. The van der Waals surface area contributed by atoms with Crippen LogP contribution in [-0.4, -0.2) is 46.4 Å². The summed E-state index contributed by atoms with van der Waals surface area (Å²) in [6.45, 7) is 6.73. The van der Waals surface area contributed by atoms with Crippen LogP contribution in [0.25, 0.3) is 0 Å². The van der Waals surface area contributed by atoms with Crippen molar-refractivity contribution in [2.24, 2.45) is 0 Å². The van der Waals surface area contributed by atoms with Crippen LogP contribution in [0.3, 0.4) is 0 Å². The van der Waals surface area contributed by atoms with Crippen molar-refractivity contribution < 1.29 is 23.7 Å². The first-order chi connectivity index (χ1) is 9.76. The molecule has 114 valence electrons. The second-order valence-electron chi connectivity index (χ2n) is 4.04. The molecule has 0 aromatic heterocycles. The molecule has 1 aromatic carbocycles. The van der Waals surface area contributed by atoms with Crippen molar-refractivity contribution in [1.29, 1.82) is 0 Å². The number of methoxy groups -OCH3 is 1. The number of hydrogen-bond donors (Lipinski definition) is 0. The summed E-state index contributed by atoms with van der Waals surface area (Å²) in [6.07, 6.45) is -0.336. The molecule has 0 aliphatic heterocycles. The summed E-state index contributed by atoms with van der Waals surface area (Å²) < 4.78 is 26.8. The quantitative estimate of drug-likeness (QED) is 0.461. The Labute approximate surface area is 120 Å². The van der Waals surface area contributed by atoms with E-state index in [2.05, 4.69) is 0 Å². The number of hydrogen-bond acceptors (Lipinski definition) is 5. The van der Waals surface area contributed by atoms with Gasteiger partial charge >= 0.3 is 0 Å². The molecule has 0 saturated heterocycles. The van der Waals surface area contributed by atoms with Gasteiger partial charge in [0.1, 0.15) is 11.5 Å². The molecule has 0 N–H and O–H groups in total. The molecule has 0 aliphatic rings. The first kappa shape index (κ1) is 16.8. The molecular weight excluding hydrogens is 260 g/mol. The van der Waals surface area contributed by atoms with Gasteiger partial charge in [0.25, 0.3) is 0 Å². The smallest absolute Gasteiger partial charge is 0.197 e. The summed E-state index contributed by atoms with van der Waals surface area (Å²) in [6, 6.07) is 7.42. The summed E-state index contributed by atoms with van der Waals surface area (Å²) in [5, 5.41) is 0. The van der Waals surface area contributed by atoms with Crippen LogP contribution in [0.15, 0.2) is 24.3 Å². The molecule has 5 heteroatoms. The number of ether oxygens (including phenoxy) is 5. The Bertz CT molecular complexity index is 356. The van der Waals surface area contributed by atoms with Crippen molar-refractivity contribution >= 4 is 0 Å². The van der Waals surface area contributed by atoms with Gasteiger partial charge in [-0.15, -0.1) is 0 Å². The molecule has 0 saturated carbocycles. The average molecular weight is 284 g/mol. The minimum atomic E-state index is -0.336. The van der Waals surface area contributed by atoms with E-state index in [1.165, 1.54) is 0 Å². The minimum absolute atomic E-state index is 0.336. The SMILES string of the molecule is CCOCCOCCOC(C)Oc1cccc(OC)c1. The van der Waals surface area contributed by atoms with Crippen molar-refractivity contribution in [3.8, 4) is 11.5 Å². The molecule has 0 bridgehead atoms. The van der Waals surface area contributed by atoms with E-state index in [0.29, 0.717) is 38.8 Å². The third-order valence-corrected chi connectivity index (χ3v) is 2.50. The highest BCUT2D eigenvalue weighted by molar-refractivity contribution is 5.32. The zero-order valence-corrected chi connectivity index (χ0v) is 12.5. The van der Waals surface area contributed by atoms with Gasteiger partial charge in [0.15, 0.2) is 6.29 Å². The molecule has 0 heterocycles. The summed E-state index contributed by atoms with van der Waals surface area (Å²) in [5.74, 6) is 1.48. The van der Waals surface area contributed by atoms with Crippen LogP contribution in [0, 0.1) is 0 Å². The van der Waals surface area contributed by atoms with E-state index in [0.717, 1.165) is 5.75 Å². The topological polar surface area (TPSA) is 46.2 Å². The highest BCUT2D eigenvalue weighted by Gasteiger charge is 2.04. The minimum Gasteiger partial charge on any atom is -0.497 e. The lowest BCUT2D eigenvalue weighted by atomic mass is 10.3. The van der Waals surface area contributed by atoms with Gasteiger partial charge in [0, 0.05) is 12.7 Å². The van der Waals surface area contributed by atoms with Gasteiger partial charge in [-0.3, -0.25) is 0 Å². The van der Waals surface area contributed by atoms with E-state index in [4.69, 9.17) is 23.7 Å². The second kappa shape index (κ2) is 10.5. The molecule has 0 aliphatic carbocycles. The van der Waals surface area contributed by atoms with E-state index in [9.17, 15) is 0 Å². The molecule has 0 fully saturated rings. The van der Waals surface area contributed by atoms with E-state index >= 15 is 0 Å². The van der Waals surface area contributed by atoms with Crippen LogP contribution in [0.2, 0.25) is 0 Å². The van der Waals surface area contributed by atoms with Crippen LogP contribution in [0.4, 0.5) is 0 Å². The zero-order chi connectivity index (χ0) is 14.6. The molecule has 0 spiro atoms. The van der Waals surface area contributed by atoms with E-state index in [1.807, 2.05) is 38.1 Å². The second-order valence-corrected chi connectivity index (χ2v) is 4.04. The maximum atomic E-state index is 5.62. The van der Waals surface area contributed by atoms with Gasteiger partial charge in [-0.2, -0.15) is 0 Å². The highest BCUT2D eigenvalue weighted by atomic mass is 16.7. The highest BCUT2D eigenvalue weighted by Crippen LogP contribution is 2.20. The van der Waals surface area contributed by atoms with Crippen molar-refractivity contribution in [3.63, 3.8) is 0 Å². The fourth-order valence-corrected chi connectivity index (χ4v) is 1.54. The van der Waals surface area contributed by atoms with Crippen LogP contribution in [0.5, 0.6) is 11.5 Å². The Kier molecular flexibility index (Phi) is 8.78. The Balaban J connectivity index is 2.12. The van der Waals surface area contributed by atoms with Gasteiger partial charge in [0.2, 0.25) is 0 Å². The third kappa shape index (κ3) is 7.33. The lowest BCUT2D eigenvalue weighted by molar-refractivity contribution is -0.0859. The Hall–Kier alpha value is -1.30. The van der Waals surface area contributed by atoms with Gasteiger partial charge in [-0.25, -0.2) is 0 Å². The van der Waals surface area contributed by atoms with Crippen LogP contribution in [-0.2, 0) is 14.2 Å². The maximum absolute atomic E-state index is 5.62. The Morgan fingerprint density at radius 1 is 1.00 bits per heavy atom. The van der Waals surface area contributed by atoms with Crippen molar-refractivity contribution in [2.45, 2.75) is 20.1 Å². The molecule has 1 aromatic rings. The molecule has 0 radical (unpaired) electrons. The van der Waals surface area contributed by atoms with Gasteiger partial charge in [-0.1, -0.05) is 6.07 Å². The molecule has 20 heavy (non-hydrogen) atoms. The largest absolute Gasteiger partial charge is 0.497 e. The first-order valence-corrected chi connectivity index (χ1v) is 6.84. The molecule has 5 nitrogen and oxygen atoms in total. The number of rotatable bonds is 11. The van der Waals surface area contributed by atoms with E-state index < -0.39 is 0 Å². The molecule has 1 unspecified atom stereocenters. The average Bonchev–Trinajstić information content (AvgIpc) is 2.46. The van der Waals surface area contributed by atoms with Crippen molar-refractivity contribution in [1.82, 2.24) is 0 Å². The molecule has 1 atom stereocenters. The van der Waals surface area contributed by atoms with E-state index in [-0.39, 0.29) is 6.29 Å². The lowest BCUT2D eigenvalue weighted by Crippen LogP contribution is -2.19. The number of benzene rings is 1. The first-order valence-electron chi connectivity index (χ1n) is 6.84. The van der Waals surface area contributed by atoms with Gasteiger partial charge in [-0.05, 0) is 26.0 Å². The summed E-state index contributed by atoms with van der Waals surface area (Å²) in [7, 11) is 1.62. The van der Waals surface area contributed by atoms with Gasteiger partial charge < -0.3 is 23.7 Å². The molecule has 1 rings (SSSR count). The van der Waals surface area contributed by atoms with Crippen LogP contribution >= 0.6 is 0 Å². The van der Waals surface area contributed by atoms with Crippen LogP contribution < -0.4 is 9.47 Å². The monoisotopic (exact) mass is 284 g/mol. The maximum Gasteiger partial charge on any atom is 0.197 e. The Morgan fingerprint density at radius 2 is 1.70 bits per heavy atom. The fraction of sp³-hybridized carbons (Fsp3) is 0.600. The zero-order valence-electron chi connectivity index (χ0n) is 12.5. The predicted octanol–water partition coefficient (Wildman–Crippen LogP) is 2.49. The lowest BCUT2D eigenvalue weighted by Gasteiger charge is -2.16. The van der Waals surface area contributed by atoms with Crippen molar-refractivity contribution in [2.75, 3.05) is 40.1 Å². The molecule has 0 amide bonds. The predicted molar refractivity (Wildman–Crippen MR) is 76.3 cm³/mol. The van der Waals surface area contributed by atoms with Gasteiger partial charge in [0.05, 0.1) is 33.5 Å².